The van der Waals surface area contributed by atoms with Gasteiger partial charge in [-0.25, -0.2) is 0 Å². The second-order valence-corrected chi connectivity index (χ2v) is 6.20. The van der Waals surface area contributed by atoms with Gasteiger partial charge in [-0.1, -0.05) is 37.2 Å². The van der Waals surface area contributed by atoms with Crippen LogP contribution in [0.4, 0.5) is 5.13 Å². The van der Waals surface area contributed by atoms with Crippen molar-refractivity contribution in [2.45, 2.75) is 32.6 Å². The summed E-state index contributed by atoms with van der Waals surface area (Å²) in [5.41, 5.74) is 1.76. The molecule has 0 spiro atoms. The predicted molar refractivity (Wildman–Crippen MR) is 90.6 cm³/mol. The molecule has 0 aliphatic heterocycles. The minimum Gasteiger partial charge on any atom is -0.296 e. The van der Waals surface area contributed by atoms with Crippen molar-refractivity contribution in [3.05, 3.63) is 41.2 Å². The van der Waals surface area contributed by atoms with Crippen LogP contribution in [-0.4, -0.2) is 26.1 Å². The van der Waals surface area contributed by atoms with Gasteiger partial charge in [-0.15, -0.1) is 10.2 Å². The van der Waals surface area contributed by atoms with E-state index in [1.807, 2.05) is 6.07 Å². The number of anilines is 1. The van der Waals surface area contributed by atoms with Crippen LogP contribution in [0.2, 0.25) is 0 Å². The van der Waals surface area contributed by atoms with E-state index in [9.17, 15) is 4.79 Å². The molecule has 3 aromatic rings. The summed E-state index contributed by atoms with van der Waals surface area (Å²) in [5.74, 6) is -0.243. The summed E-state index contributed by atoms with van der Waals surface area (Å²) in [5, 5.41) is 12.4. The third kappa shape index (κ3) is 3.68. The van der Waals surface area contributed by atoms with E-state index in [4.69, 9.17) is 0 Å². The molecule has 7 heteroatoms. The van der Waals surface area contributed by atoms with Crippen molar-refractivity contribution in [2.24, 2.45) is 0 Å². The van der Waals surface area contributed by atoms with E-state index >= 15 is 0 Å². The highest BCUT2D eigenvalue weighted by atomic mass is 32.1. The lowest BCUT2D eigenvalue weighted by Crippen LogP contribution is -2.12. The summed E-state index contributed by atoms with van der Waals surface area (Å²) in [7, 11) is 0. The molecule has 0 atom stereocenters. The van der Waals surface area contributed by atoms with Crippen molar-refractivity contribution in [3.63, 3.8) is 0 Å². The van der Waals surface area contributed by atoms with Gasteiger partial charge < -0.3 is 0 Å². The Hall–Kier alpha value is -2.41. The number of rotatable bonds is 6. The van der Waals surface area contributed by atoms with E-state index in [-0.39, 0.29) is 5.91 Å². The number of nitrogens with zero attached hydrogens (tertiary/aromatic N) is 4. The van der Waals surface area contributed by atoms with Gasteiger partial charge in [0.1, 0.15) is 10.5 Å². The molecule has 1 aromatic carbocycles. The molecular formula is C16H17N5OS. The fourth-order valence-corrected chi connectivity index (χ4v) is 3.05. The van der Waals surface area contributed by atoms with E-state index in [0.717, 1.165) is 17.8 Å². The van der Waals surface area contributed by atoms with Gasteiger partial charge in [-0.3, -0.25) is 20.1 Å². The topological polar surface area (TPSA) is 80.7 Å². The maximum absolute atomic E-state index is 12.5. The van der Waals surface area contributed by atoms with Crippen molar-refractivity contribution < 1.29 is 4.79 Å². The average molecular weight is 327 g/mol. The van der Waals surface area contributed by atoms with Gasteiger partial charge in [-0.05, 0) is 18.6 Å². The van der Waals surface area contributed by atoms with Crippen molar-refractivity contribution in [1.82, 2.24) is 20.2 Å². The van der Waals surface area contributed by atoms with Gasteiger partial charge in [-0.2, -0.15) is 0 Å². The third-order valence-electron chi connectivity index (χ3n) is 3.42. The molecule has 0 fully saturated rings. The molecular weight excluding hydrogens is 310 g/mol. The molecule has 118 valence electrons. The summed E-state index contributed by atoms with van der Waals surface area (Å²) in [6, 6.07) is 5.35. The molecule has 0 radical (unpaired) electrons. The molecule has 1 N–H and O–H groups in total. The zero-order valence-electron chi connectivity index (χ0n) is 12.8. The molecule has 0 bridgehead atoms. The quantitative estimate of drug-likeness (QED) is 0.701. The zero-order valence-corrected chi connectivity index (χ0v) is 13.6. The smallest absolute Gasteiger partial charge is 0.259 e. The Morgan fingerprint density at radius 3 is 2.91 bits per heavy atom. The van der Waals surface area contributed by atoms with Gasteiger partial charge >= 0.3 is 0 Å². The maximum Gasteiger partial charge on any atom is 0.259 e. The van der Waals surface area contributed by atoms with Gasteiger partial charge in [0.25, 0.3) is 5.91 Å². The number of amides is 1. The van der Waals surface area contributed by atoms with Crippen LogP contribution in [0, 0.1) is 0 Å². The van der Waals surface area contributed by atoms with Crippen molar-refractivity contribution in [1.29, 1.82) is 0 Å². The Balaban J connectivity index is 1.73. The summed E-state index contributed by atoms with van der Waals surface area (Å²) in [6.45, 7) is 2.17. The molecule has 0 unspecified atom stereocenters. The van der Waals surface area contributed by atoms with E-state index in [0.29, 0.717) is 21.7 Å². The number of benzene rings is 1. The second-order valence-electron chi connectivity index (χ2n) is 5.14. The number of carbonyl (C=O) groups is 1. The number of nitrogens with one attached hydrogen (secondary N) is 1. The van der Waals surface area contributed by atoms with Crippen LogP contribution >= 0.6 is 11.3 Å². The van der Waals surface area contributed by atoms with E-state index in [1.165, 1.54) is 24.2 Å². The van der Waals surface area contributed by atoms with Crippen molar-refractivity contribution in [3.8, 4) is 0 Å². The Morgan fingerprint density at radius 1 is 1.17 bits per heavy atom. The van der Waals surface area contributed by atoms with Gasteiger partial charge in [0.15, 0.2) is 0 Å². The normalized spacial score (nSPS) is 10.8. The second kappa shape index (κ2) is 7.23. The zero-order chi connectivity index (χ0) is 16.1. The van der Waals surface area contributed by atoms with Gasteiger partial charge in [0.05, 0.1) is 11.1 Å². The van der Waals surface area contributed by atoms with Crippen LogP contribution in [0.1, 0.15) is 41.6 Å². The van der Waals surface area contributed by atoms with Crippen molar-refractivity contribution >= 4 is 33.4 Å². The Labute approximate surface area is 138 Å². The summed E-state index contributed by atoms with van der Waals surface area (Å²) in [4.78, 5) is 20.9. The van der Waals surface area contributed by atoms with Crippen LogP contribution in [0.3, 0.4) is 0 Å². The lowest BCUT2D eigenvalue weighted by molar-refractivity contribution is 0.102. The van der Waals surface area contributed by atoms with Crippen molar-refractivity contribution in [2.75, 3.05) is 5.32 Å². The third-order valence-corrected chi connectivity index (χ3v) is 4.32. The van der Waals surface area contributed by atoms with Crippen LogP contribution in [-0.2, 0) is 6.42 Å². The number of aromatic nitrogens is 4. The molecule has 0 aliphatic carbocycles. The highest BCUT2D eigenvalue weighted by Gasteiger charge is 2.14. The molecule has 6 nitrogen and oxygen atoms in total. The number of unbranched alkanes of at least 4 members (excludes halogenated alkanes) is 2. The monoisotopic (exact) mass is 327 g/mol. The number of aryl methyl sites for hydroxylation is 1. The first-order valence-corrected chi connectivity index (χ1v) is 8.43. The summed E-state index contributed by atoms with van der Waals surface area (Å²) >= 11 is 1.42. The van der Waals surface area contributed by atoms with Gasteiger partial charge in [0.2, 0.25) is 5.13 Å². The number of hydrogen-bond donors (Lipinski definition) is 1. The largest absolute Gasteiger partial charge is 0.296 e. The van der Waals surface area contributed by atoms with Crippen LogP contribution in [0.25, 0.3) is 11.0 Å². The number of para-hydroxylation sites is 1. The molecule has 0 aliphatic rings. The number of carbonyl (C=O) groups excluding carboxylic acids is 1. The molecule has 0 saturated heterocycles. The van der Waals surface area contributed by atoms with E-state index in [1.54, 1.807) is 24.5 Å². The minimum absolute atomic E-state index is 0.243. The Kier molecular flexibility index (Phi) is 4.87. The SMILES string of the molecule is CCCCCc1nnc(NC(=O)c2cccc3nccnc23)s1. The van der Waals surface area contributed by atoms with Crippen LogP contribution < -0.4 is 5.32 Å². The molecule has 23 heavy (non-hydrogen) atoms. The van der Waals surface area contributed by atoms with Gasteiger partial charge in [0, 0.05) is 18.8 Å². The first-order chi connectivity index (χ1) is 11.3. The first kappa shape index (κ1) is 15.5. The lowest BCUT2D eigenvalue weighted by Gasteiger charge is -2.04. The average Bonchev–Trinajstić information content (AvgIpc) is 3.02. The molecule has 2 aromatic heterocycles. The fourth-order valence-electron chi connectivity index (χ4n) is 2.27. The molecule has 2 heterocycles. The first-order valence-electron chi connectivity index (χ1n) is 7.61. The lowest BCUT2D eigenvalue weighted by atomic mass is 10.1. The number of fused-ring (bicyclic) bond motifs is 1. The highest BCUT2D eigenvalue weighted by Crippen LogP contribution is 2.20. The van der Waals surface area contributed by atoms with E-state index < -0.39 is 0 Å². The van der Waals surface area contributed by atoms with E-state index in [2.05, 4.69) is 32.4 Å². The van der Waals surface area contributed by atoms with Crippen LogP contribution in [0.15, 0.2) is 30.6 Å². The number of hydrogen-bond acceptors (Lipinski definition) is 6. The highest BCUT2D eigenvalue weighted by molar-refractivity contribution is 7.15. The fraction of sp³-hybridized carbons (Fsp3) is 0.312. The molecule has 1 amide bonds. The minimum atomic E-state index is -0.243. The standard InChI is InChI=1S/C16H17N5OS/c1-2-3-4-8-13-20-21-16(23-13)19-15(22)11-6-5-7-12-14(11)18-10-9-17-12/h5-7,9-10H,2-4,8H2,1H3,(H,19,21,22). The molecule has 0 saturated carbocycles. The Bertz CT molecular complexity index is 812. The summed E-state index contributed by atoms with van der Waals surface area (Å²) in [6.07, 6.45) is 7.53. The van der Waals surface area contributed by atoms with Crippen LogP contribution in [0.5, 0.6) is 0 Å². The predicted octanol–water partition coefficient (Wildman–Crippen LogP) is 3.47. The molecule has 3 rings (SSSR count). The Morgan fingerprint density at radius 2 is 2.04 bits per heavy atom. The summed E-state index contributed by atoms with van der Waals surface area (Å²) < 4.78 is 0. The maximum atomic E-state index is 12.5.